The summed E-state index contributed by atoms with van der Waals surface area (Å²) < 4.78 is 27.9. The molecule has 0 radical (unpaired) electrons. The standard InChI is InChI=1S/C8H11F2NO2/c9-8(10)13-7-3-1-6(2-4-7)11-5-12/h6-8H,1-4H2. The van der Waals surface area contributed by atoms with Gasteiger partial charge in [0.25, 0.3) is 0 Å². The van der Waals surface area contributed by atoms with Gasteiger partial charge in [0.2, 0.25) is 6.08 Å². The molecule has 1 aliphatic rings. The first-order valence-electron chi connectivity index (χ1n) is 4.23. The summed E-state index contributed by atoms with van der Waals surface area (Å²) in [5.41, 5.74) is 0. The van der Waals surface area contributed by atoms with Gasteiger partial charge in [-0.15, -0.1) is 0 Å². The van der Waals surface area contributed by atoms with Crippen LogP contribution in [0.1, 0.15) is 25.7 Å². The summed E-state index contributed by atoms with van der Waals surface area (Å²) in [6.07, 6.45) is 3.45. The highest BCUT2D eigenvalue weighted by molar-refractivity contribution is 5.33. The molecule has 0 aromatic carbocycles. The molecule has 5 heteroatoms. The Morgan fingerprint density at radius 2 is 1.92 bits per heavy atom. The van der Waals surface area contributed by atoms with Crippen molar-refractivity contribution >= 4 is 6.08 Å². The number of alkyl halides is 2. The zero-order valence-electron chi connectivity index (χ0n) is 7.08. The van der Waals surface area contributed by atoms with Gasteiger partial charge in [0.1, 0.15) is 0 Å². The van der Waals surface area contributed by atoms with E-state index in [-0.39, 0.29) is 12.1 Å². The average molecular weight is 191 g/mol. The van der Waals surface area contributed by atoms with Crippen LogP contribution in [0.25, 0.3) is 0 Å². The van der Waals surface area contributed by atoms with Gasteiger partial charge in [-0.2, -0.15) is 8.78 Å². The second-order valence-electron chi connectivity index (χ2n) is 3.05. The molecule has 13 heavy (non-hydrogen) atoms. The topological polar surface area (TPSA) is 38.7 Å². The molecule has 0 saturated heterocycles. The highest BCUT2D eigenvalue weighted by atomic mass is 19.3. The molecule has 1 rings (SSSR count). The van der Waals surface area contributed by atoms with E-state index < -0.39 is 6.61 Å². The second kappa shape index (κ2) is 5.04. The zero-order chi connectivity index (χ0) is 9.68. The minimum atomic E-state index is -2.70. The van der Waals surface area contributed by atoms with Crippen molar-refractivity contribution in [2.75, 3.05) is 0 Å². The lowest BCUT2D eigenvalue weighted by molar-refractivity contribution is -0.169. The van der Waals surface area contributed by atoms with E-state index in [1.165, 1.54) is 6.08 Å². The molecular weight excluding hydrogens is 180 g/mol. The lowest BCUT2D eigenvalue weighted by atomic mass is 9.93. The fourth-order valence-electron chi connectivity index (χ4n) is 1.53. The SMILES string of the molecule is O=C=NC1CCC(OC(F)F)CC1. The number of aliphatic imine (C=N–C) groups is 1. The molecule has 1 saturated carbocycles. The van der Waals surface area contributed by atoms with Crippen LogP contribution in [0.3, 0.4) is 0 Å². The molecule has 0 amide bonds. The fraction of sp³-hybridized carbons (Fsp3) is 0.875. The fourth-order valence-corrected chi connectivity index (χ4v) is 1.53. The van der Waals surface area contributed by atoms with Crippen LogP contribution in [0.4, 0.5) is 8.78 Å². The number of ether oxygens (including phenoxy) is 1. The molecule has 0 aliphatic heterocycles. The molecule has 0 aromatic heterocycles. The van der Waals surface area contributed by atoms with Crippen molar-refractivity contribution in [1.82, 2.24) is 0 Å². The van der Waals surface area contributed by atoms with E-state index >= 15 is 0 Å². The first kappa shape index (κ1) is 10.3. The number of carbonyl (C=O) groups excluding carboxylic acids is 1. The third kappa shape index (κ3) is 3.61. The van der Waals surface area contributed by atoms with Gasteiger partial charge in [-0.3, -0.25) is 0 Å². The summed E-state index contributed by atoms with van der Waals surface area (Å²) in [5.74, 6) is 0. The molecular formula is C8H11F2NO2. The van der Waals surface area contributed by atoms with Gasteiger partial charge in [0.15, 0.2) is 0 Å². The van der Waals surface area contributed by atoms with Crippen LogP contribution in [0.2, 0.25) is 0 Å². The molecule has 0 aromatic rings. The Kier molecular flexibility index (Phi) is 3.99. The van der Waals surface area contributed by atoms with E-state index in [4.69, 9.17) is 0 Å². The van der Waals surface area contributed by atoms with Crippen LogP contribution in [-0.4, -0.2) is 24.8 Å². The number of nitrogens with zero attached hydrogens (tertiary/aromatic N) is 1. The van der Waals surface area contributed by atoms with E-state index in [2.05, 4.69) is 9.73 Å². The van der Waals surface area contributed by atoms with Crippen LogP contribution < -0.4 is 0 Å². The second-order valence-corrected chi connectivity index (χ2v) is 3.05. The van der Waals surface area contributed by atoms with Crippen molar-refractivity contribution in [2.24, 2.45) is 4.99 Å². The molecule has 0 N–H and O–H groups in total. The number of rotatable bonds is 3. The Morgan fingerprint density at radius 3 is 2.38 bits per heavy atom. The van der Waals surface area contributed by atoms with Gasteiger partial charge in [-0.05, 0) is 25.7 Å². The van der Waals surface area contributed by atoms with Crippen LogP contribution in [-0.2, 0) is 9.53 Å². The van der Waals surface area contributed by atoms with E-state index in [1.807, 2.05) is 0 Å². The van der Waals surface area contributed by atoms with Gasteiger partial charge >= 0.3 is 6.61 Å². The number of isocyanates is 1. The van der Waals surface area contributed by atoms with Crippen LogP contribution in [0.5, 0.6) is 0 Å². The molecule has 0 unspecified atom stereocenters. The molecule has 0 bridgehead atoms. The predicted molar refractivity (Wildman–Crippen MR) is 41.3 cm³/mol. The Hall–Kier alpha value is -0.800. The maximum absolute atomic E-state index is 11.8. The molecule has 0 heterocycles. The van der Waals surface area contributed by atoms with Crippen molar-refractivity contribution in [3.05, 3.63) is 0 Å². The Balaban J connectivity index is 2.26. The van der Waals surface area contributed by atoms with Gasteiger partial charge < -0.3 is 4.74 Å². The maximum atomic E-state index is 11.8. The Morgan fingerprint density at radius 1 is 1.31 bits per heavy atom. The first-order valence-corrected chi connectivity index (χ1v) is 4.23. The van der Waals surface area contributed by atoms with Gasteiger partial charge in [-0.1, -0.05) is 0 Å². The van der Waals surface area contributed by atoms with Crippen molar-refractivity contribution in [3.63, 3.8) is 0 Å². The van der Waals surface area contributed by atoms with Crippen molar-refractivity contribution < 1.29 is 18.3 Å². The number of hydrogen-bond acceptors (Lipinski definition) is 3. The summed E-state index contributed by atoms with van der Waals surface area (Å²) in [6, 6.07) is -0.0463. The minimum Gasteiger partial charge on any atom is -0.320 e. The van der Waals surface area contributed by atoms with Crippen molar-refractivity contribution in [2.45, 2.75) is 44.4 Å². The van der Waals surface area contributed by atoms with Crippen molar-refractivity contribution in [3.8, 4) is 0 Å². The molecule has 3 nitrogen and oxygen atoms in total. The zero-order valence-corrected chi connectivity index (χ0v) is 7.08. The van der Waals surface area contributed by atoms with E-state index in [0.717, 1.165) is 0 Å². The van der Waals surface area contributed by atoms with Gasteiger partial charge in [-0.25, -0.2) is 9.79 Å². The number of halogens is 2. The van der Waals surface area contributed by atoms with E-state index in [9.17, 15) is 13.6 Å². The summed E-state index contributed by atoms with van der Waals surface area (Å²) in [4.78, 5) is 13.4. The smallest absolute Gasteiger partial charge is 0.320 e. The summed E-state index contributed by atoms with van der Waals surface area (Å²) >= 11 is 0. The van der Waals surface area contributed by atoms with Crippen molar-refractivity contribution in [1.29, 1.82) is 0 Å². The van der Waals surface area contributed by atoms with Crippen LogP contribution >= 0.6 is 0 Å². The normalized spacial score (nSPS) is 28.5. The van der Waals surface area contributed by atoms with Gasteiger partial charge in [0, 0.05) is 0 Å². The first-order chi connectivity index (χ1) is 6.22. The Bertz CT molecular complexity index is 196. The Labute approximate surface area is 74.8 Å². The lowest BCUT2D eigenvalue weighted by Gasteiger charge is -2.24. The highest BCUT2D eigenvalue weighted by Crippen LogP contribution is 2.24. The largest absolute Gasteiger partial charge is 0.345 e. The lowest BCUT2D eigenvalue weighted by Crippen LogP contribution is -2.25. The van der Waals surface area contributed by atoms with E-state index in [1.54, 1.807) is 0 Å². The molecule has 0 atom stereocenters. The summed E-state index contributed by atoms with van der Waals surface area (Å²) in [7, 11) is 0. The summed E-state index contributed by atoms with van der Waals surface area (Å²) in [5, 5.41) is 0. The molecule has 0 spiro atoms. The summed E-state index contributed by atoms with van der Waals surface area (Å²) in [6.45, 7) is -2.70. The number of hydrogen-bond donors (Lipinski definition) is 0. The molecule has 74 valence electrons. The average Bonchev–Trinajstić information content (AvgIpc) is 2.08. The highest BCUT2D eigenvalue weighted by Gasteiger charge is 2.23. The molecule has 1 aliphatic carbocycles. The maximum Gasteiger partial charge on any atom is 0.345 e. The third-order valence-corrected chi connectivity index (χ3v) is 2.17. The molecule has 1 fully saturated rings. The van der Waals surface area contributed by atoms with Crippen LogP contribution in [0.15, 0.2) is 4.99 Å². The minimum absolute atomic E-state index is 0.0463. The van der Waals surface area contributed by atoms with Gasteiger partial charge in [0.05, 0.1) is 12.1 Å². The predicted octanol–water partition coefficient (Wildman–Crippen LogP) is 1.87. The van der Waals surface area contributed by atoms with Crippen LogP contribution in [0, 0.1) is 0 Å². The third-order valence-electron chi connectivity index (χ3n) is 2.17. The quantitative estimate of drug-likeness (QED) is 0.504. The van der Waals surface area contributed by atoms with E-state index in [0.29, 0.717) is 25.7 Å². The monoisotopic (exact) mass is 191 g/mol.